The van der Waals surface area contributed by atoms with Gasteiger partial charge in [-0.15, -0.1) is 0 Å². The topological polar surface area (TPSA) is 130 Å². The number of imide groups is 1. The highest BCUT2D eigenvalue weighted by Gasteiger charge is 2.55. The Hall–Kier alpha value is -5.45. The van der Waals surface area contributed by atoms with Gasteiger partial charge in [0.2, 0.25) is 5.91 Å². The molecule has 0 spiro atoms. The van der Waals surface area contributed by atoms with Gasteiger partial charge in [-0.2, -0.15) is 0 Å². The molecule has 1 N–H and O–H groups in total. The lowest BCUT2D eigenvalue weighted by Gasteiger charge is -2.46. The first-order valence-corrected chi connectivity index (χ1v) is 16.8. The van der Waals surface area contributed by atoms with Crippen molar-refractivity contribution < 1.29 is 33.8 Å². The molecule has 1 aromatic heterocycles. The van der Waals surface area contributed by atoms with E-state index < -0.39 is 41.6 Å². The number of likely N-dealkylation sites (tertiary alicyclic amines) is 2. The molecule has 2 saturated heterocycles. The normalized spacial score (nSPS) is 19.1. The number of anilines is 1. The highest BCUT2D eigenvalue weighted by atomic mass is 16.6. The van der Waals surface area contributed by atoms with Crippen LogP contribution in [0.3, 0.4) is 0 Å². The number of carboxylic acids is 1. The summed E-state index contributed by atoms with van der Waals surface area (Å²) in [5.74, 6) is -1.71. The Morgan fingerprint density at radius 2 is 1.72 bits per heavy atom. The van der Waals surface area contributed by atoms with Gasteiger partial charge in [0.15, 0.2) is 6.04 Å². The fraction of sp³-hybridized carbons (Fsp3) is 0.359. The van der Waals surface area contributed by atoms with Crippen LogP contribution in [0.5, 0.6) is 5.75 Å². The van der Waals surface area contributed by atoms with Crippen molar-refractivity contribution in [1.82, 2.24) is 14.8 Å². The first-order valence-electron chi connectivity index (χ1n) is 16.8. The summed E-state index contributed by atoms with van der Waals surface area (Å²) in [4.78, 5) is 61.6. The first kappa shape index (κ1) is 34.4. The van der Waals surface area contributed by atoms with Gasteiger partial charge in [0, 0.05) is 25.2 Å². The van der Waals surface area contributed by atoms with Crippen LogP contribution in [0, 0.1) is 5.92 Å². The van der Waals surface area contributed by atoms with E-state index in [1.165, 1.54) is 11.1 Å². The molecule has 0 aliphatic carbocycles. The largest absolute Gasteiger partial charge is 0.497 e. The molecule has 3 aromatic carbocycles. The van der Waals surface area contributed by atoms with Gasteiger partial charge >= 0.3 is 18.1 Å². The van der Waals surface area contributed by atoms with Crippen molar-refractivity contribution in [3.05, 3.63) is 102 Å². The van der Waals surface area contributed by atoms with Crippen LogP contribution >= 0.6 is 0 Å². The molecule has 2 aliphatic rings. The Kier molecular flexibility index (Phi) is 9.76. The zero-order valence-corrected chi connectivity index (χ0v) is 28.7. The van der Waals surface area contributed by atoms with E-state index in [0.29, 0.717) is 24.4 Å². The molecule has 11 heteroatoms. The van der Waals surface area contributed by atoms with E-state index in [0.717, 1.165) is 39.6 Å². The van der Waals surface area contributed by atoms with Gasteiger partial charge in [-0.3, -0.25) is 9.69 Å². The number of ether oxygens (including phenoxy) is 2. The summed E-state index contributed by atoms with van der Waals surface area (Å²) in [6.45, 7) is 6.31. The first-order chi connectivity index (χ1) is 23.9. The predicted molar refractivity (Wildman–Crippen MR) is 188 cm³/mol. The van der Waals surface area contributed by atoms with Crippen molar-refractivity contribution >= 4 is 40.6 Å². The second-order valence-corrected chi connectivity index (χ2v) is 13.9. The average Bonchev–Trinajstić information content (AvgIpc) is 3.10. The quantitative estimate of drug-likeness (QED) is 0.206. The van der Waals surface area contributed by atoms with E-state index in [4.69, 9.17) is 9.47 Å². The lowest BCUT2D eigenvalue weighted by Crippen LogP contribution is -2.69. The Balaban J connectivity index is 1.19. The van der Waals surface area contributed by atoms with E-state index in [2.05, 4.69) is 29.2 Å². The highest BCUT2D eigenvalue weighted by molar-refractivity contribution is 6.07. The summed E-state index contributed by atoms with van der Waals surface area (Å²) in [7, 11) is 1.57. The number of rotatable bonds is 8. The molecule has 0 bridgehead atoms. The van der Waals surface area contributed by atoms with Gasteiger partial charge in [-0.05, 0) is 91.8 Å². The SMILES string of the molecule is COc1ccc(CN(C(=O)OC(C)(C)C)c2cc(CC3C(=O)N(C(=O)N4CCCC(c5cccc6ccccc56)C4)[C@@H]3C(=O)O)ccn2)cc1. The predicted octanol–water partition coefficient (Wildman–Crippen LogP) is 6.64. The molecule has 4 aromatic rings. The highest BCUT2D eigenvalue weighted by Crippen LogP contribution is 2.36. The number of benzene rings is 3. The smallest absolute Gasteiger partial charge is 0.416 e. The summed E-state index contributed by atoms with van der Waals surface area (Å²) in [5.41, 5.74) is 1.78. The van der Waals surface area contributed by atoms with Crippen LogP contribution in [-0.2, 0) is 27.3 Å². The fourth-order valence-electron chi connectivity index (χ4n) is 6.87. The van der Waals surface area contributed by atoms with E-state index in [1.54, 1.807) is 57.0 Å². The van der Waals surface area contributed by atoms with E-state index in [-0.39, 0.29) is 24.7 Å². The Morgan fingerprint density at radius 1 is 0.980 bits per heavy atom. The second kappa shape index (κ2) is 14.2. The number of carbonyl (C=O) groups is 4. The minimum Gasteiger partial charge on any atom is -0.497 e. The molecule has 2 aliphatic heterocycles. The lowest BCUT2D eigenvalue weighted by molar-refractivity contribution is -0.166. The van der Waals surface area contributed by atoms with Crippen LogP contribution < -0.4 is 9.64 Å². The van der Waals surface area contributed by atoms with Gasteiger partial charge in [0.1, 0.15) is 17.2 Å². The number of carboxylic acid groups (broad SMARTS) is 1. The minimum absolute atomic E-state index is 0.0540. The van der Waals surface area contributed by atoms with E-state index >= 15 is 0 Å². The summed E-state index contributed by atoms with van der Waals surface area (Å²) in [5, 5.41) is 12.5. The van der Waals surface area contributed by atoms with Crippen molar-refractivity contribution in [2.24, 2.45) is 5.92 Å². The van der Waals surface area contributed by atoms with Crippen molar-refractivity contribution in [1.29, 1.82) is 0 Å². The number of fused-ring (bicyclic) bond motifs is 1. The maximum atomic E-state index is 13.8. The van der Waals surface area contributed by atoms with Crippen LogP contribution in [0.25, 0.3) is 10.8 Å². The molecule has 0 radical (unpaired) electrons. The van der Waals surface area contributed by atoms with Crippen molar-refractivity contribution in [2.45, 2.75) is 64.1 Å². The Morgan fingerprint density at radius 3 is 2.44 bits per heavy atom. The van der Waals surface area contributed by atoms with Gasteiger partial charge in [0.25, 0.3) is 0 Å². The van der Waals surface area contributed by atoms with E-state index in [9.17, 15) is 24.3 Å². The standard InChI is InChI=1S/C39H42N4O7/c1-39(2,3)50-38(48)42(23-25-14-16-29(49-4)17-15-25)33-22-26(18-19-40-33)21-32-34(36(45)46)43(35(32)44)37(47)41-20-8-11-28(24-41)31-13-7-10-27-9-5-6-12-30(27)31/h5-7,9-10,12-19,22,28,32,34H,8,11,20-21,23-24H2,1-4H3,(H,45,46)/t28?,32?,34-/m0/s1. The van der Waals surface area contributed by atoms with Crippen molar-refractivity contribution in [3.8, 4) is 5.75 Å². The Labute approximate surface area is 291 Å². The molecule has 2 unspecified atom stereocenters. The van der Waals surface area contributed by atoms with Crippen LogP contribution in [-0.4, -0.2) is 75.7 Å². The molecule has 4 amide bonds. The number of piperidine rings is 1. The molecule has 50 heavy (non-hydrogen) atoms. The molecular weight excluding hydrogens is 636 g/mol. The summed E-state index contributed by atoms with van der Waals surface area (Å²) in [6.07, 6.45) is 2.59. The number of methoxy groups -OCH3 is 1. The summed E-state index contributed by atoms with van der Waals surface area (Å²) >= 11 is 0. The van der Waals surface area contributed by atoms with Crippen LogP contribution in [0.15, 0.2) is 85.1 Å². The van der Waals surface area contributed by atoms with Crippen LogP contribution in [0.2, 0.25) is 0 Å². The maximum Gasteiger partial charge on any atom is 0.416 e. The number of urea groups is 1. The number of aliphatic carboxylic acids is 1. The number of aromatic nitrogens is 1. The molecule has 3 atom stereocenters. The maximum absolute atomic E-state index is 13.8. The summed E-state index contributed by atoms with van der Waals surface area (Å²) in [6, 6.07) is 23.0. The third-order valence-corrected chi connectivity index (χ3v) is 9.28. The molecule has 260 valence electrons. The number of carbonyl (C=O) groups excluding carboxylic acids is 3. The lowest BCUT2D eigenvalue weighted by atomic mass is 9.82. The monoisotopic (exact) mass is 678 g/mol. The zero-order chi connectivity index (χ0) is 35.6. The number of hydrogen-bond donors (Lipinski definition) is 1. The third kappa shape index (κ3) is 7.27. The third-order valence-electron chi connectivity index (χ3n) is 9.28. The fourth-order valence-corrected chi connectivity index (χ4v) is 6.87. The number of pyridine rings is 1. The summed E-state index contributed by atoms with van der Waals surface area (Å²) < 4.78 is 10.9. The number of hydrogen-bond acceptors (Lipinski definition) is 7. The van der Waals surface area contributed by atoms with Gasteiger partial charge in [-0.25, -0.2) is 24.3 Å². The number of nitrogens with zero attached hydrogens (tertiary/aromatic N) is 4. The average molecular weight is 679 g/mol. The van der Waals surface area contributed by atoms with Crippen LogP contribution in [0.4, 0.5) is 15.4 Å². The second-order valence-electron chi connectivity index (χ2n) is 13.9. The van der Waals surface area contributed by atoms with Gasteiger partial charge in [-0.1, -0.05) is 54.6 Å². The Bertz CT molecular complexity index is 1900. The van der Waals surface area contributed by atoms with Crippen molar-refractivity contribution in [2.75, 3.05) is 25.1 Å². The van der Waals surface area contributed by atoms with Crippen LogP contribution in [0.1, 0.15) is 56.2 Å². The molecule has 0 saturated carbocycles. The zero-order valence-electron chi connectivity index (χ0n) is 28.7. The van der Waals surface area contributed by atoms with Gasteiger partial charge in [0.05, 0.1) is 19.6 Å². The van der Waals surface area contributed by atoms with E-state index in [1.807, 2.05) is 30.3 Å². The number of β-lactam (4-membered cyclic amide) rings is 1. The molecular formula is C39H42N4O7. The molecule has 11 nitrogen and oxygen atoms in total. The minimum atomic E-state index is -1.31. The van der Waals surface area contributed by atoms with Crippen molar-refractivity contribution in [3.63, 3.8) is 0 Å². The molecule has 3 heterocycles. The van der Waals surface area contributed by atoms with Gasteiger partial charge < -0.3 is 19.5 Å². The number of amides is 4. The molecule has 6 rings (SSSR count). The molecule has 2 fully saturated rings.